The molecular formula is C14H19FN2O. The van der Waals surface area contributed by atoms with Crippen molar-refractivity contribution in [2.24, 2.45) is 5.92 Å². The lowest BCUT2D eigenvalue weighted by Crippen LogP contribution is -2.35. The van der Waals surface area contributed by atoms with E-state index in [-0.39, 0.29) is 11.7 Å². The van der Waals surface area contributed by atoms with E-state index in [1.165, 1.54) is 12.1 Å². The van der Waals surface area contributed by atoms with Crippen molar-refractivity contribution in [1.29, 1.82) is 0 Å². The number of halogens is 1. The summed E-state index contributed by atoms with van der Waals surface area (Å²) in [6, 6.07) is 6.15. The van der Waals surface area contributed by atoms with Crippen molar-refractivity contribution in [3.63, 3.8) is 0 Å². The van der Waals surface area contributed by atoms with Crippen LogP contribution in [0.25, 0.3) is 0 Å². The van der Waals surface area contributed by atoms with E-state index in [0.29, 0.717) is 17.5 Å². The first kappa shape index (κ1) is 13.0. The molecule has 2 unspecified atom stereocenters. The first-order valence-corrected chi connectivity index (χ1v) is 6.20. The largest absolute Gasteiger partial charge is 0.337 e. The maximum atomic E-state index is 12.8. The van der Waals surface area contributed by atoms with Crippen LogP contribution in [0, 0.1) is 11.7 Å². The molecule has 1 aliphatic rings. The third-order valence-electron chi connectivity index (χ3n) is 3.61. The molecule has 1 saturated heterocycles. The van der Waals surface area contributed by atoms with E-state index in [9.17, 15) is 9.18 Å². The summed E-state index contributed by atoms with van der Waals surface area (Å²) in [7, 11) is 4.07. The van der Waals surface area contributed by atoms with Gasteiger partial charge in [-0.05, 0) is 44.3 Å². The van der Waals surface area contributed by atoms with Crippen LogP contribution in [0.15, 0.2) is 24.3 Å². The predicted molar refractivity (Wildman–Crippen MR) is 68.9 cm³/mol. The van der Waals surface area contributed by atoms with Gasteiger partial charge < -0.3 is 9.80 Å². The minimum absolute atomic E-state index is 0.00815. The van der Waals surface area contributed by atoms with E-state index >= 15 is 0 Å². The molecule has 4 heteroatoms. The van der Waals surface area contributed by atoms with Crippen LogP contribution >= 0.6 is 0 Å². The molecule has 0 aromatic heterocycles. The summed E-state index contributed by atoms with van der Waals surface area (Å²) in [6.45, 7) is 3.66. The minimum Gasteiger partial charge on any atom is -0.337 e. The fourth-order valence-electron chi connectivity index (χ4n) is 2.56. The number of rotatable bonds is 2. The average Bonchev–Trinajstić information content (AvgIpc) is 2.71. The SMILES string of the molecule is CC1CN(C(=O)c2ccc(F)cc2)CC1N(C)C. The van der Waals surface area contributed by atoms with Gasteiger partial charge in [-0.3, -0.25) is 4.79 Å². The summed E-state index contributed by atoms with van der Waals surface area (Å²) >= 11 is 0. The van der Waals surface area contributed by atoms with Gasteiger partial charge >= 0.3 is 0 Å². The van der Waals surface area contributed by atoms with E-state index < -0.39 is 0 Å². The van der Waals surface area contributed by atoms with Crippen LogP contribution in [0.3, 0.4) is 0 Å². The number of likely N-dealkylation sites (tertiary alicyclic amines) is 1. The van der Waals surface area contributed by atoms with Crippen molar-refractivity contribution in [2.75, 3.05) is 27.2 Å². The predicted octanol–water partition coefficient (Wildman–Crippen LogP) is 1.85. The smallest absolute Gasteiger partial charge is 0.253 e. The van der Waals surface area contributed by atoms with Crippen molar-refractivity contribution in [3.8, 4) is 0 Å². The van der Waals surface area contributed by atoms with Crippen molar-refractivity contribution in [1.82, 2.24) is 9.80 Å². The maximum absolute atomic E-state index is 12.8. The monoisotopic (exact) mass is 250 g/mol. The first-order valence-electron chi connectivity index (χ1n) is 6.20. The highest BCUT2D eigenvalue weighted by atomic mass is 19.1. The summed E-state index contributed by atoms with van der Waals surface area (Å²) in [6.07, 6.45) is 0. The van der Waals surface area contributed by atoms with Gasteiger partial charge in [-0.15, -0.1) is 0 Å². The quantitative estimate of drug-likeness (QED) is 0.799. The second-order valence-electron chi connectivity index (χ2n) is 5.23. The average molecular weight is 250 g/mol. The van der Waals surface area contributed by atoms with Gasteiger partial charge in [0.2, 0.25) is 0 Å². The highest BCUT2D eigenvalue weighted by molar-refractivity contribution is 5.94. The number of carbonyl (C=O) groups excluding carboxylic acids is 1. The van der Waals surface area contributed by atoms with Gasteiger partial charge in [0.25, 0.3) is 5.91 Å². The number of nitrogens with zero attached hydrogens (tertiary/aromatic N) is 2. The molecule has 1 aliphatic heterocycles. The van der Waals surface area contributed by atoms with Crippen LogP contribution in [0.2, 0.25) is 0 Å². The van der Waals surface area contributed by atoms with E-state index in [2.05, 4.69) is 11.8 Å². The van der Waals surface area contributed by atoms with E-state index in [4.69, 9.17) is 0 Å². The summed E-state index contributed by atoms with van der Waals surface area (Å²) in [5, 5.41) is 0. The lowest BCUT2D eigenvalue weighted by atomic mass is 10.1. The highest BCUT2D eigenvalue weighted by Crippen LogP contribution is 2.21. The molecule has 1 aromatic carbocycles. The van der Waals surface area contributed by atoms with Gasteiger partial charge in [0.15, 0.2) is 0 Å². The molecule has 0 radical (unpaired) electrons. The van der Waals surface area contributed by atoms with Crippen LogP contribution in [-0.2, 0) is 0 Å². The molecule has 0 aliphatic carbocycles. The summed E-state index contributed by atoms with van der Waals surface area (Å²) in [5.41, 5.74) is 0.558. The van der Waals surface area contributed by atoms with Gasteiger partial charge in [0, 0.05) is 24.7 Å². The molecule has 0 N–H and O–H groups in total. The molecule has 2 rings (SSSR count). The van der Waals surface area contributed by atoms with Crippen molar-refractivity contribution >= 4 is 5.91 Å². The molecule has 0 saturated carbocycles. The molecule has 18 heavy (non-hydrogen) atoms. The number of amides is 1. The fourth-order valence-corrected chi connectivity index (χ4v) is 2.56. The third-order valence-corrected chi connectivity index (χ3v) is 3.61. The Morgan fingerprint density at radius 1 is 1.28 bits per heavy atom. The normalized spacial score (nSPS) is 23.7. The zero-order valence-electron chi connectivity index (χ0n) is 11.1. The van der Waals surface area contributed by atoms with Crippen LogP contribution in [0.4, 0.5) is 4.39 Å². The van der Waals surface area contributed by atoms with Crippen molar-refractivity contribution in [3.05, 3.63) is 35.6 Å². The Morgan fingerprint density at radius 3 is 2.39 bits per heavy atom. The number of carbonyl (C=O) groups is 1. The number of likely N-dealkylation sites (N-methyl/N-ethyl adjacent to an activating group) is 1. The zero-order valence-corrected chi connectivity index (χ0v) is 11.1. The van der Waals surface area contributed by atoms with Crippen LogP contribution in [0.5, 0.6) is 0 Å². The van der Waals surface area contributed by atoms with Crippen molar-refractivity contribution < 1.29 is 9.18 Å². The van der Waals surface area contributed by atoms with Gasteiger partial charge in [-0.25, -0.2) is 4.39 Å². The molecule has 3 nitrogen and oxygen atoms in total. The third kappa shape index (κ3) is 2.53. The van der Waals surface area contributed by atoms with Gasteiger partial charge in [0.05, 0.1) is 0 Å². The number of benzene rings is 1. The standard InChI is InChI=1S/C14H19FN2O/c1-10-8-17(9-13(10)16(2)3)14(18)11-4-6-12(15)7-5-11/h4-7,10,13H,8-9H2,1-3H3. The Balaban J connectivity index is 2.09. The molecule has 1 fully saturated rings. The fraction of sp³-hybridized carbons (Fsp3) is 0.500. The van der Waals surface area contributed by atoms with E-state index in [0.717, 1.165) is 13.1 Å². The van der Waals surface area contributed by atoms with Gasteiger partial charge in [-0.2, -0.15) is 0 Å². The number of hydrogen-bond acceptors (Lipinski definition) is 2. The second kappa shape index (κ2) is 5.06. The summed E-state index contributed by atoms with van der Waals surface area (Å²) in [4.78, 5) is 16.3. The molecule has 1 aromatic rings. The Hall–Kier alpha value is -1.42. The van der Waals surface area contributed by atoms with Crippen LogP contribution < -0.4 is 0 Å². The molecular weight excluding hydrogens is 231 g/mol. The Morgan fingerprint density at radius 2 is 1.89 bits per heavy atom. The Bertz CT molecular complexity index is 430. The van der Waals surface area contributed by atoms with Crippen LogP contribution in [-0.4, -0.2) is 48.9 Å². The lowest BCUT2D eigenvalue weighted by molar-refractivity contribution is 0.0781. The molecule has 1 amide bonds. The van der Waals surface area contributed by atoms with Gasteiger partial charge in [-0.1, -0.05) is 6.92 Å². The van der Waals surface area contributed by atoms with Crippen molar-refractivity contribution in [2.45, 2.75) is 13.0 Å². The van der Waals surface area contributed by atoms with Crippen LogP contribution in [0.1, 0.15) is 17.3 Å². The topological polar surface area (TPSA) is 23.6 Å². The summed E-state index contributed by atoms with van der Waals surface area (Å²) in [5.74, 6) is 0.142. The number of hydrogen-bond donors (Lipinski definition) is 0. The van der Waals surface area contributed by atoms with E-state index in [1.54, 1.807) is 12.1 Å². The Labute approximate surface area is 107 Å². The first-order chi connectivity index (χ1) is 8.49. The molecule has 0 spiro atoms. The second-order valence-corrected chi connectivity index (χ2v) is 5.23. The minimum atomic E-state index is -0.312. The molecule has 1 heterocycles. The highest BCUT2D eigenvalue weighted by Gasteiger charge is 2.33. The molecule has 0 bridgehead atoms. The maximum Gasteiger partial charge on any atom is 0.253 e. The lowest BCUT2D eigenvalue weighted by Gasteiger charge is -2.22. The zero-order chi connectivity index (χ0) is 13.3. The molecule has 2 atom stereocenters. The van der Waals surface area contributed by atoms with E-state index in [1.807, 2.05) is 19.0 Å². The summed E-state index contributed by atoms with van der Waals surface area (Å²) < 4.78 is 12.8. The molecule has 98 valence electrons. The Kier molecular flexibility index (Phi) is 3.66. The van der Waals surface area contributed by atoms with Gasteiger partial charge in [0.1, 0.15) is 5.82 Å².